The predicted octanol–water partition coefficient (Wildman–Crippen LogP) is 9.00. The third-order valence-corrected chi connectivity index (χ3v) is 16.7. The fraction of sp³-hybridized carbons (Fsp3) is 0.522. The standard InChI is InChI=1S/C67H85N7O16/c1-39(2)60(70-58(77)21-26-87-23-14-15-46(75)20-22-71-59(78)32-49(64(71)82)67(6,7)8)53(76)29-42(5)61(79)69-44-18-16-43(17-19-44)38-90-66(84)74-51-34-57(55(86-10)31-48(51)63(81)73-37-41(4)28-52(73)65(74)83)89-25-13-11-12-24-88-56-33-50-47(30-54(56)85-9)62(80)72-36-40(3)27-45(72)35-68-50/h16-19,30-31,33-37,39,42,45,49,52,60,65,83H,11-15,20-29,32,38H2,1-10H3,(H,69,79)(H,70,77)/t42-,45+,49?,52+,60+,65+/m1/s1. The highest BCUT2D eigenvalue weighted by molar-refractivity contribution is 6.07. The fourth-order valence-electron chi connectivity index (χ4n) is 11.6. The molecule has 0 saturated carbocycles. The lowest BCUT2D eigenvalue weighted by Gasteiger charge is -2.31. The first-order valence-corrected chi connectivity index (χ1v) is 30.9. The summed E-state index contributed by atoms with van der Waals surface area (Å²) in [7, 11) is 2.96. The second-order valence-corrected chi connectivity index (χ2v) is 25.1. The summed E-state index contributed by atoms with van der Waals surface area (Å²) >= 11 is 0. The van der Waals surface area contributed by atoms with E-state index < -0.39 is 54.0 Å². The number of rotatable bonds is 29. The number of anilines is 2. The lowest BCUT2D eigenvalue weighted by atomic mass is 9.80. The molecule has 0 aliphatic carbocycles. The largest absolute Gasteiger partial charge is 0.493 e. The SMILES string of the molecule is COc1cc2c(cc1OCCCCCOc1cc3c(cc1OC)C(=O)N1C=C(C)C[C@H]1[C@H](O)N3C(=O)OCc1ccc(NC(=O)[C@H](C)CC(=O)[C@@H](NC(=O)CCOCCCC(=O)CCN3C(=O)CC(C(C)(C)C)C3=O)C(C)C)cc1)N=C[C@@H]1CC(C)=CN1C2=O. The average molecular weight is 1240 g/mol. The van der Waals surface area contributed by atoms with E-state index in [1.807, 2.05) is 40.8 Å². The van der Waals surface area contributed by atoms with Crippen LogP contribution in [0.1, 0.15) is 152 Å². The summed E-state index contributed by atoms with van der Waals surface area (Å²) in [5.74, 6) is -2.42. The van der Waals surface area contributed by atoms with Gasteiger partial charge in [0.25, 0.3) is 11.8 Å². The molecule has 1 fully saturated rings. The van der Waals surface area contributed by atoms with Gasteiger partial charge in [-0.3, -0.25) is 48.2 Å². The van der Waals surface area contributed by atoms with Crippen LogP contribution in [0.5, 0.6) is 23.0 Å². The molecule has 23 heteroatoms. The summed E-state index contributed by atoms with van der Waals surface area (Å²) < 4.78 is 35.1. The van der Waals surface area contributed by atoms with Crippen LogP contribution >= 0.6 is 0 Å². The van der Waals surface area contributed by atoms with E-state index in [0.717, 1.165) is 22.5 Å². The normalized spacial score (nSPS) is 19.2. The summed E-state index contributed by atoms with van der Waals surface area (Å²) in [4.78, 5) is 129. The molecule has 90 heavy (non-hydrogen) atoms. The lowest BCUT2D eigenvalue weighted by Crippen LogP contribution is -2.50. The minimum atomic E-state index is -1.52. The van der Waals surface area contributed by atoms with Crippen molar-refractivity contribution in [1.82, 2.24) is 20.0 Å². The molecule has 5 aliphatic rings. The topological polar surface area (TPSA) is 279 Å². The Bertz CT molecular complexity index is 3310. The molecule has 5 aliphatic heterocycles. The van der Waals surface area contributed by atoms with E-state index in [2.05, 4.69) is 15.6 Å². The van der Waals surface area contributed by atoms with E-state index in [0.29, 0.717) is 72.7 Å². The van der Waals surface area contributed by atoms with Crippen molar-refractivity contribution < 1.29 is 76.7 Å². The van der Waals surface area contributed by atoms with E-state index in [1.165, 1.54) is 36.2 Å². The third-order valence-electron chi connectivity index (χ3n) is 16.7. The molecular weight excluding hydrogens is 1160 g/mol. The molecule has 0 aromatic heterocycles. The Morgan fingerprint density at radius 3 is 2.03 bits per heavy atom. The minimum absolute atomic E-state index is 0.0283. The first kappa shape index (κ1) is 67.5. The van der Waals surface area contributed by atoms with E-state index in [4.69, 9.17) is 28.4 Å². The molecular formula is C67H85N7O16. The number of benzene rings is 3. The summed E-state index contributed by atoms with van der Waals surface area (Å²) in [5, 5.41) is 17.5. The van der Waals surface area contributed by atoms with Crippen molar-refractivity contribution in [2.24, 2.45) is 28.2 Å². The first-order chi connectivity index (χ1) is 42.9. The zero-order chi connectivity index (χ0) is 65.1. The number of fused-ring (bicyclic) bond motifs is 4. The van der Waals surface area contributed by atoms with Crippen LogP contribution in [0, 0.1) is 23.2 Å². The van der Waals surface area contributed by atoms with Crippen molar-refractivity contribution in [3.05, 3.63) is 88.8 Å². The van der Waals surface area contributed by atoms with Gasteiger partial charge in [0.1, 0.15) is 12.4 Å². The summed E-state index contributed by atoms with van der Waals surface area (Å²) in [5.41, 5.74) is 3.63. The van der Waals surface area contributed by atoms with Crippen LogP contribution in [0.2, 0.25) is 0 Å². The van der Waals surface area contributed by atoms with Gasteiger partial charge in [0.15, 0.2) is 35.0 Å². The van der Waals surface area contributed by atoms with Gasteiger partial charge >= 0.3 is 6.09 Å². The van der Waals surface area contributed by atoms with Crippen LogP contribution in [0.3, 0.4) is 0 Å². The molecule has 0 bridgehead atoms. The number of nitrogens with zero attached hydrogens (tertiary/aromatic N) is 5. The molecule has 0 spiro atoms. The number of aliphatic hydroxyl groups is 1. The molecule has 1 saturated heterocycles. The zero-order valence-electron chi connectivity index (χ0n) is 53.2. The van der Waals surface area contributed by atoms with Crippen molar-refractivity contribution in [1.29, 1.82) is 0 Å². The Hall–Kier alpha value is -8.44. The van der Waals surface area contributed by atoms with Gasteiger partial charge in [-0.2, -0.15) is 0 Å². The molecule has 484 valence electrons. The highest BCUT2D eigenvalue weighted by Gasteiger charge is 2.46. The average Bonchev–Trinajstić information content (AvgIpc) is 1.74. The van der Waals surface area contributed by atoms with Crippen LogP contribution < -0.4 is 34.5 Å². The molecule has 3 N–H and O–H groups in total. The van der Waals surface area contributed by atoms with Crippen molar-refractivity contribution in [2.45, 2.75) is 157 Å². The second-order valence-electron chi connectivity index (χ2n) is 25.1. The number of ketones is 2. The van der Waals surface area contributed by atoms with Gasteiger partial charge in [0.05, 0.1) is 80.6 Å². The summed E-state index contributed by atoms with van der Waals surface area (Å²) in [6.45, 7) is 15.4. The molecule has 5 heterocycles. The molecule has 7 amide bonds. The van der Waals surface area contributed by atoms with E-state index in [1.54, 1.807) is 74.5 Å². The molecule has 1 unspecified atom stereocenters. The Morgan fingerprint density at radius 1 is 0.733 bits per heavy atom. The van der Waals surface area contributed by atoms with Gasteiger partial charge in [0.2, 0.25) is 23.6 Å². The quantitative estimate of drug-likeness (QED) is 0.0432. The molecule has 6 atom stereocenters. The first-order valence-electron chi connectivity index (χ1n) is 30.9. The number of nitrogens with one attached hydrogen (secondary N) is 2. The molecule has 3 aromatic rings. The van der Waals surface area contributed by atoms with Crippen LogP contribution in [0.15, 0.2) is 77.1 Å². The maximum absolute atomic E-state index is 14.2. The molecule has 0 radical (unpaired) electrons. The Morgan fingerprint density at radius 2 is 1.38 bits per heavy atom. The van der Waals surface area contributed by atoms with Gasteiger partial charge in [-0.15, -0.1) is 0 Å². The number of methoxy groups -OCH3 is 2. The number of carbonyl (C=O) groups excluding carboxylic acids is 9. The Kier molecular flexibility index (Phi) is 22.4. The van der Waals surface area contributed by atoms with Crippen LogP contribution in [-0.2, 0) is 44.8 Å². The van der Waals surface area contributed by atoms with Crippen molar-refractivity contribution in [2.75, 3.05) is 57.4 Å². The number of ether oxygens (including phenoxy) is 6. The number of unbranched alkanes of at least 4 members (excludes halogenated alkanes) is 2. The lowest BCUT2D eigenvalue weighted by molar-refractivity contribution is -0.140. The van der Waals surface area contributed by atoms with Gasteiger partial charge in [-0.05, 0) is 93.5 Å². The maximum Gasteiger partial charge on any atom is 0.416 e. The van der Waals surface area contributed by atoms with Gasteiger partial charge < -0.3 is 54.0 Å². The number of carbonyl (C=O) groups is 9. The van der Waals surface area contributed by atoms with Crippen LogP contribution in [0.4, 0.5) is 21.9 Å². The number of aliphatic imine (C=N–C) groups is 1. The number of amides is 7. The highest BCUT2D eigenvalue weighted by Crippen LogP contribution is 2.43. The van der Waals surface area contributed by atoms with Crippen molar-refractivity contribution >= 4 is 76.4 Å². The van der Waals surface area contributed by atoms with Crippen LogP contribution in [0.25, 0.3) is 0 Å². The van der Waals surface area contributed by atoms with E-state index in [-0.39, 0.29) is 134 Å². The maximum atomic E-state index is 14.2. The molecule has 3 aromatic carbocycles. The van der Waals surface area contributed by atoms with Gasteiger partial charge in [0, 0.05) is 87.6 Å². The van der Waals surface area contributed by atoms with E-state index in [9.17, 15) is 48.3 Å². The molecule has 8 rings (SSSR count). The third kappa shape index (κ3) is 16.3. The smallest absolute Gasteiger partial charge is 0.416 e. The Balaban J connectivity index is 0.783. The summed E-state index contributed by atoms with van der Waals surface area (Å²) in [6, 6.07) is 11.1. The van der Waals surface area contributed by atoms with Crippen LogP contribution in [-0.4, -0.2) is 151 Å². The monoisotopic (exact) mass is 1240 g/mol. The number of Topliss-reactive ketones (excluding diaryl/α,β-unsaturated/α-hetero) is 2. The molecule has 23 nitrogen and oxygen atoms in total. The second kappa shape index (κ2) is 29.9. The predicted molar refractivity (Wildman–Crippen MR) is 334 cm³/mol. The number of hydrogen-bond acceptors (Lipinski definition) is 17. The van der Waals surface area contributed by atoms with E-state index >= 15 is 0 Å². The Labute approximate surface area is 525 Å². The number of likely N-dealkylation sites (tertiary alicyclic amines) is 1. The number of imide groups is 1. The number of hydrogen-bond donors (Lipinski definition) is 3. The summed E-state index contributed by atoms with van der Waals surface area (Å²) in [6.07, 6.45) is 6.46. The minimum Gasteiger partial charge on any atom is -0.493 e. The van der Waals surface area contributed by atoms with Gasteiger partial charge in [-0.25, -0.2) is 9.69 Å². The fourth-order valence-corrected chi connectivity index (χ4v) is 11.6. The van der Waals surface area contributed by atoms with Crippen molar-refractivity contribution in [3.8, 4) is 23.0 Å². The van der Waals surface area contributed by atoms with Crippen molar-refractivity contribution in [3.63, 3.8) is 0 Å². The van der Waals surface area contributed by atoms with Gasteiger partial charge in [-0.1, -0.05) is 64.8 Å². The highest BCUT2D eigenvalue weighted by atomic mass is 16.6. The number of aliphatic hydroxyl groups excluding tert-OH is 1. The zero-order valence-corrected chi connectivity index (χ0v) is 53.2.